The first-order chi connectivity index (χ1) is 17.1. The predicted molar refractivity (Wildman–Crippen MR) is 138 cm³/mol. The number of nitrogens with zero attached hydrogens (tertiary/aromatic N) is 4. The zero-order valence-electron chi connectivity index (χ0n) is 20.0. The number of hydrogen-bond donors (Lipinski definition) is 0. The average Bonchev–Trinajstić information content (AvgIpc) is 2.87. The Morgan fingerprint density at radius 3 is 2.20 bits per heavy atom. The van der Waals surface area contributed by atoms with Crippen LogP contribution in [-0.4, -0.2) is 57.4 Å². The van der Waals surface area contributed by atoms with Crippen LogP contribution >= 0.6 is 11.6 Å². The lowest BCUT2D eigenvalue weighted by atomic mass is 9.52. The van der Waals surface area contributed by atoms with Crippen LogP contribution in [0.2, 0.25) is 5.02 Å². The van der Waals surface area contributed by atoms with Crippen molar-refractivity contribution >= 4 is 28.4 Å². The Kier molecular flexibility index (Phi) is 5.15. The van der Waals surface area contributed by atoms with Crippen molar-refractivity contribution in [3.8, 4) is 11.3 Å². The van der Waals surface area contributed by atoms with E-state index < -0.39 is 0 Å². The molecule has 5 aliphatic rings. The summed E-state index contributed by atoms with van der Waals surface area (Å²) in [6.45, 7) is 3.54. The largest absolute Gasteiger partial charge is 0.336 e. The third-order valence-corrected chi connectivity index (χ3v) is 9.46. The van der Waals surface area contributed by atoms with Crippen molar-refractivity contribution in [2.24, 2.45) is 17.8 Å². The molecule has 1 aromatic carbocycles. The molecule has 5 fully saturated rings. The van der Waals surface area contributed by atoms with E-state index >= 15 is 0 Å². The van der Waals surface area contributed by atoms with E-state index in [9.17, 15) is 4.79 Å². The SMILES string of the molecule is O=C(c1cc(-c2ccncc2)nc2ccc(Cl)cc12)N1CCN(C23CC4CC(CC(C4)C2)C3)CC1. The maximum atomic E-state index is 13.9. The Morgan fingerprint density at radius 1 is 0.886 bits per heavy atom. The Morgan fingerprint density at radius 2 is 1.54 bits per heavy atom. The number of halogens is 1. The van der Waals surface area contributed by atoms with Crippen LogP contribution in [-0.2, 0) is 0 Å². The molecule has 1 saturated heterocycles. The molecule has 6 heteroatoms. The van der Waals surface area contributed by atoms with Crippen molar-refractivity contribution in [1.82, 2.24) is 19.8 Å². The lowest BCUT2D eigenvalue weighted by Gasteiger charge is -2.61. The van der Waals surface area contributed by atoms with Crippen molar-refractivity contribution in [2.75, 3.05) is 26.2 Å². The molecule has 0 spiro atoms. The van der Waals surface area contributed by atoms with Crippen molar-refractivity contribution in [3.05, 3.63) is 59.4 Å². The zero-order valence-corrected chi connectivity index (χ0v) is 20.8. The molecule has 1 amide bonds. The van der Waals surface area contributed by atoms with E-state index in [1.54, 1.807) is 12.4 Å². The normalized spacial score (nSPS) is 30.2. The third-order valence-electron chi connectivity index (χ3n) is 9.22. The van der Waals surface area contributed by atoms with Gasteiger partial charge < -0.3 is 4.90 Å². The number of amides is 1. The number of carbonyl (C=O) groups excluding carboxylic acids is 1. The van der Waals surface area contributed by atoms with Crippen LogP contribution in [0, 0.1) is 17.8 Å². The summed E-state index contributed by atoms with van der Waals surface area (Å²) in [6, 6.07) is 11.4. The summed E-state index contributed by atoms with van der Waals surface area (Å²) in [5, 5.41) is 1.44. The maximum absolute atomic E-state index is 13.9. The van der Waals surface area contributed by atoms with Gasteiger partial charge in [-0.2, -0.15) is 0 Å². The molecule has 0 radical (unpaired) electrons. The Bertz CT molecular complexity index is 1250. The van der Waals surface area contributed by atoms with E-state index in [0.717, 1.165) is 66.1 Å². The van der Waals surface area contributed by atoms with Gasteiger partial charge in [0.05, 0.1) is 16.8 Å². The highest BCUT2D eigenvalue weighted by atomic mass is 35.5. The van der Waals surface area contributed by atoms with E-state index in [-0.39, 0.29) is 5.91 Å². The van der Waals surface area contributed by atoms with Crippen LogP contribution in [0.3, 0.4) is 0 Å². The number of benzene rings is 1. The summed E-state index contributed by atoms with van der Waals surface area (Å²) in [6.07, 6.45) is 12.1. The molecule has 180 valence electrons. The van der Waals surface area contributed by atoms with Crippen molar-refractivity contribution in [1.29, 1.82) is 0 Å². The van der Waals surface area contributed by atoms with Crippen LogP contribution in [0.15, 0.2) is 48.8 Å². The molecule has 8 rings (SSSR count). The van der Waals surface area contributed by atoms with Gasteiger partial charge in [0.2, 0.25) is 0 Å². The number of pyridine rings is 2. The molecule has 0 atom stereocenters. The topological polar surface area (TPSA) is 49.3 Å². The van der Waals surface area contributed by atoms with Crippen molar-refractivity contribution < 1.29 is 4.79 Å². The van der Waals surface area contributed by atoms with E-state index in [0.29, 0.717) is 16.1 Å². The van der Waals surface area contributed by atoms with Gasteiger partial charge in [-0.1, -0.05) is 11.6 Å². The Hall–Kier alpha value is -2.50. The van der Waals surface area contributed by atoms with Gasteiger partial charge in [0.25, 0.3) is 5.91 Å². The van der Waals surface area contributed by atoms with Gasteiger partial charge in [-0.25, -0.2) is 4.98 Å². The van der Waals surface area contributed by atoms with E-state index in [2.05, 4.69) is 9.88 Å². The quantitative estimate of drug-likeness (QED) is 0.478. The summed E-state index contributed by atoms with van der Waals surface area (Å²) in [4.78, 5) is 27.7. The second-order valence-corrected chi connectivity index (χ2v) is 11.8. The molecule has 0 N–H and O–H groups in total. The average molecular weight is 487 g/mol. The molecule has 1 aliphatic heterocycles. The third kappa shape index (κ3) is 3.75. The summed E-state index contributed by atoms with van der Waals surface area (Å²) in [7, 11) is 0. The predicted octanol–water partition coefficient (Wildman–Crippen LogP) is 5.68. The van der Waals surface area contributed by atoms with Crippen molar-refractivity contribution in [3.63, 3.8) is 0 Å². The summed E-state index contributed by atoms with van der Waals surface area (Å²) < 4.78 is 0. The molecule has 4 aliphatic carbocycles. The standard InChI is InChI=1S/C29H31ClN4O/c30-23-1-2-26-24(14-23)25(15-27(32-26)22-3-5-31-6-4-22)28(35)33-7-9-34(10-8-33)29-16-19-11-20(17-29)13-21(12-19)18-29/h1-6,14-15,19-21H,7-13,16-18H2. The van der Waals surface area contributed by atoms with Gasteiger partial charge in [0.1, 0.15) is 0 Å². The highest BCUT2D eigenvalue weighted by Gasteiger charge is 2.53. The lowest BCUT2D eigenvalue weighted by Crippen LogP contribution is -2.64. The minimum Gasteiger partial charge on any atom is -0.336 e. The second kappa shape index (κ2) is 8.28. The fraction of sp³-hybridized carbons (Fsp3) is 0.483. The molecule has 3 heterocycles. The highest BCUT2D eigenvalue weighted by molar-refractivity contribution is 6.31. The summed E-state index contributed by atoms with van der Waals surface area (Å²) in [5.41, 5.74) is 3.64. The molecule has 0 unspecified atom stereocenters. The van der Waals surface area contributed by atoms with Crippen LogP contribution < -0.4 is 0 Å². The highest BCUT2D eigenvalue weighted by Crippen LogP contribution is 2.57. The van der Waals surface area contributed by atoms with Gasteiger partial charge >= 0.3 is 0 Å². The van der Waals surface area contributed by atoms with E-state index in [1.165, 1.54) is 38.5 Å². The van der Waals surface area contributed by atoms with Crippen LogP contribution in [0.4, 0.5) is 0 Å². The van der Waals surface area contributed by atoms with Crippen molar-refractivity contribution in [2.45, 2.75) is 44.1 Å². The molecular formula is C29H31ClN4O. The van der Waals surface area contributed by atoms with E-state index in [1.807, 2.05) is 41.3 Å². The monoisotopic (exact) mass is 486 g/mol. The lowest BCUT2D eigenvalue weighted by molar-refractivity contribution is -0.0987. The Labute approximate surface area is 211 Å². The minimum absolute atomic E-state index is 0.0835. The minimum atomic E-state index is 0.0835. The fourth-order valence-electron chi connectivity index (χ4n) is 8.05. The molecule has 3 aromatic rings. The summed E-state index contributed by atoms with van der Waals surface area (Å²) >= 11 is 6.34. The van der Waals surface area contributed by atoms with Gasteiger partial charge in [0.15, 0.2) is 0 Å². The maximum Gasteiger partial charge on any atom is 0.254 e. The number of hydrogen-bond acceptors (Lipinski definition) is 4. The number of piperazine rings is 1. The molecule has 4 bridgehead atoms. The second-order valence-electron chi connectivity index (χ2n) is 11.4. The molecule has 5 nitrogen and oxygen atoms in total. The van der Waals surface area contributed by atoms with Gasteiger partial charge in [0, 0.05) is 60.1 Å². The zero-order chi connectivity index (χ0) is 23.6. The smallest absolute Gasteiger partial charge is 0.254 e. The van der Waals surface area contributed by atoms with Gasteiger partial charge in [-0.3, -0.25) is 14.7 Å². The Balaban J connectivity index is 1.16. The van der Waals surface area contributed by atoms with E-state index in [4.69, 9.17) is 16.6 Å². The number of fused-ring (bicyclic) bond motifs is 1. The van der Waals surface area contributed by atoms with Crippen LogP contribution in [0.25, 0.3) is 22.2 Å². The first-order valence-corrected chi connectivity index (χ1v) is 13.5. The number of carbonyl (C=O) groups is 1. The van der Waals surface area contributed by atoms with Crippen LogP contribution in [0.5, 0.6) is 0 Å². The molecular weight excluding hydrogens is 456 g/mol. The molecule has 2 aromatic heterocycles. The van der Waals surface area contributed by atoms with Gasteiger partial charge in [-0.15, -0.1) is 0 Å². The fourth-order valence-corrected chi connectivity index (χ4v) is 8.22. The molecule has 4 saturated carbocycles. The molecule has 35 heavy (non-hydrogen) atoms. The first-order valence-electron chi connectivity index (χ1n) is 13.1. The summed E-state index contributed by atoms with van der Waals surface area (Å²) in [5.74, 6) is 2.92. The van der Waals surface area contributed by atoms with Gasteiger partial charge in [-0.05, 0) is 92.7 Å². The first kappa shape index (κ1) is 21.8. The van der Waals surface area contributed by atoms with Crippen LogP contribution in [0.1, 0.15) is 48.9 Å². The number of rotatable bonds is 3. The number of aromatic nitrogens is 2.